The van der Waals surface area contributed by atoms with Crippen LogP contribution in [0.4, 0.5) is 0 Å². The fourth-order valence-corrected chi connectivity index (χ4v) is 3.95. The molecule has 0 spiro atoms. The lowest BCUT2D eigenvalue weighted by Crippen LogP contribution is -2.25. The molecule has 25 heavy (non-hydrogen) atoms. The maximum absolute atomic E-state index is 12.6. The van der Waals surface area contributed by atoms with Gasteiger partial charge in [0.15, 0.2) is 9.84 Å². The van der Waals surface area contributed by atoms with Crippen molar-refractivity contribution in [2.75, 3.05) is 65.9 Å². The van der Waals surface area contributed by atoms with Crippen molar-refractivity contribution in [1.82, 2.24) is 0 Å². The molecule has 1 atom stereocenters. The van der Waals surface area contributed by atoms with E-state index in [4.69, 9.17) is 33.0 Å². The van der Waals surface area contributed by atoms with Gasteiger partial charge in [0.25, 0.3) is 0 Å². The summed E-state index contributed by atoms with van der Waals surface area (Å²) in [5, 5.41) is 8.55. The zero-order valence-electron chi connectivity index (χ0n) is 14.7. The van der Waals surface area contributed by atoms with E-state index in [-0.39, 0.29) is 51.0 Å². The molecule has 0 aliphatic carbocycles. The van der Waals surface area contributed by atoms with E-state index >= 15 is 0 Å². The molecule has 0 rings (SSSR count). The first kappa shape index (κ1) is 24.4. The van der Waals surface area contributed by atoms with Gasteiger partial charge in [-0.25, -0.2) is 13.0 Å². The highest BCUT2D eigenvalue weighted by Gasteiger charge is 2.31. The Balaban J connectivity index is 4.78. The van der Waals surface area contributed by atoms with Crippen molar-refractivity contribution >= 4 is 17.7 Å². The van der Waals surface area contributed by atoms with Crippen LogP contribution in [-0.2, 0) is 42.2 Å². The van der Waals surface area contributed by atoms with Gasteiger partial charge in [-0.15, -0.1) is 0 Å². The van der Waals surface area contributed by atoms with Crippen LogP contribution in [0.3, 0.4) is 0 Å². The van der Waals surface area contributed by atoms with E-state index in [9.17, 15) is 13.0 Å². The molecular formula is C13H26NO9PS. The van der Waals surface area contributed by atoms with E-state index in [1.165, 1.54) is 21.3 Å². The van der Waals surface area contributed by atoms with Crippen molar-refractivity contribution in [3.63, 3.8) is 0 Å². The minimum Gasteiger partial charge on any atom is -0.384 e. The van der Waals surface area contributed by atoms with Crippen molar-refractivity contribution in [2.45, 2.75) is 12.5 Å². The van der Waals surface area contributed by atoms with Crippen LogP contribution in [0.5, 0.6) is 0 Å². The lowest BCUT2D eigenvalue weighted by Gasteiger charge is -2.23. The molecule has 0 saturated carbocycles. The van der Waals surface area contributed by atoms with E-state index in [0.717, 1.165) is 0 Å². The summed E-state index contributed by atoms with van der Waals surface area (Å²) in [6, 6.07) is 1.83. The molecule has 0 heterocycles. The topological polar surface area (TPSA) is 130 Å². The number of hydrogen-bond donors (Lipinski definition) is 0. The molecule has 0 bridgehead atoms. The van der Waals surface area contributed by atoms with Gasteiger partial charge in [0.05, 0.1) is 57.0 Å². The summed E-state index contributed by atoms with van der Waals surface area (Å²) >= 11 is 0. The molecule has 0 aromatic carbocycles. The molecule has 0 aliphatic heterocycles. The Labute approximate surface area is 148 Å². The predicted octanol–water partition coefficient (Wildman–Crippen LogP) is 0.781. The van der Waals surface area contributed by atoms with Gasteiger partial charge in [-0.2, -0.15) is 5.26 Å². The third-order valence-electron chi connectivity index (χ3n) is 2.69. The van der Waals surface area contributed by atoms with Gasteiger partial charge in [-0.1, -0.05) is 0 Å². The van der Waals surface area contributed by atoms with Crippen LogP contribution in [0, 0.1) is 11.3 Å². The van der Waals surface area contributed by atoms with Gasteiger partial charge in [0, 0.05) is 21.3 Å². The summed E-state index contributed by atoms with van der Waals surface area (Å²) in [7, 11) is -3.26. The van der Waals surface area contributed by atoms with Crippen molar-refractivity contribution < 1.29 is 40.8 Å². The molecule has 0 aliphatic rings. The molecule has 0 aromatic rings. The molecule has 148 valence electrons. The molecule has 0 fully saturated rings. The first-order chi connectivity index (χ1) is 11.8. The van der Waals surface area contributed by atoms with Gasteiger partial charge < -0.3 is 14.2 Å². The fraction of sp³-hybridized carbons (Fsp3) is 0.923. The lowest BCUT2D eigenvalue weighted by molar-refractivity contribution is -0.00375. The number of phosphoric ester groups is 1. The van der Waals surface area contributed by atoms with Crippen LogP contribution < -0.4 is 0 Å². The normalized spacial score (nSPS) is 14.4. The van der Waals surface area contributed by atoms with Crippen LogP contribution in [-0.4, -0.2) is 80.4 Å². The second-order valence-electron chi connectivity index (χ2n) is 4.80. The first-order valence-corrected chi connectivity index (χ1v) is 10.7. The summed E-state index contributed by atoms with van der Waals surface area (Å²) in [6.45, 7) is -0.387. The third-order valence-corrected chi connectivity index (χ3v) is 5.82. The van der Waals surface area contributed by atoms with E-state index in [1.54, 1.807) is 0 Å². The maximum atomic E-state index is 12.6. The average molecular weight is 403 g/mol. The Kier molecular flexibility index (Phi) is 13.3. The van der Waals surface area contributed by atoms with Crippen LogP contribution in [0.25, 0.3) is 0 Å². The highest BCUT2D eigenvalue weighted by atomic mass is 32.2. The van der Waals surface area contributed by atoms with E-state index in [2.05, 4.69) is 0 Å². The van der Waals surface area contributed by atoms with Crippen LogP contribution in [0.15, 0.2) is 0 Å². The number of rotatable bonds is 16. The van der Waals surface area contributed by atoms with Crippen molar-refractivity contribution in [1.29, 1.82) is 5.26 Å². The Hall–Kier alpha value is -0.570. The molecule has 0 aromatic heterocycles. The number of methoxy groups -OCH3 is 3. The van der Waals surface area contributed by atoms with E-state index < -0.39 is 23.8 Å². The monoisotopic (exact) mass is 403 g/mol. The lowest BCUT2D eigenvalue weighted by atomic mass is 10.4. The van der Waals surface area contributed by atoms with Crippen molar-refractivity contribution in [3.05, 3.63) is 0 Å². The van der Waals surface area contributed by atoms with Crippen molar-refractivity contribution in [2.24, 2.45) is 0 Å². The molecule has 12 heteroatoms. The maximum Gasteiger partial charge on any atom is 0.475 e. The standard InChI is InChI=1S/C13H26NO9PS/c1-18-7-9-25(16,17)10-8-22-24(15,21-6-4-5-14)23-13(11-19-2)12-20-3/h13H,4,6-12H2,1-3H3. The minimum absolute atomic E-state index is 0.0257. The summed E-state index contributed by atoms with van der Waals surface area (Å²) in [6.07, 6.45) is -0.768. The summed E-state index contributed by atoms with van der Waals surface area (Å²) in [4.78, 5) is 0. The Morgan fingerprint density at radius 1 is 0.960 bits per heavy atom. The highest BCUT2D eigenvalue weighted by molar-refractivity contribution is 7.91. The molecule has 0 saturated heterocycles. The van der Waals surface area contributed by atoms with Gasteiger partial charge in [0.1, 0.15) is 6.10 Å². The van der Waals surface area contributed by atoms with Crippen LogP contribution >= 0.6 is 7.82 Å². The zero-order valence-corrected chi connectivity index (χ0v) is 16.4. The Bertz CT molecular complexity index is 528. The SMILES string of the molecule is COCCS(=O)(=O)CCOP(=O)(OCCC#N)OC(COC)COC. The summed E-state index contributed by atoms with van der Waals surface area (Å²) < 4.78 is 66.1. The molecule has 0 amide bonds. The minimum atomic E-state index is -4.08. The largest absolute Gasteiger partial charge is 0.475 e. The van der Waals surface area contributed by atoms with Gasteiger partial charge in [0.2, 0.25) is 0 Å². The zero-order chi connectivity index (χ0) is 19.2. The predicted molar refractivity (Wildman–Crippen MR) is 88.9 cm³/mol. The summed E-state index contributed by atoms with van der Waals surface area (Å²) in [5.41, 5.74) is 0. The first-order valence-electron chi connectivity index (χ1n) is 7.44. The quantitative estimate of drug-likeness (QED) is 0.269. The number of ether oxygens (including phenoxy) is 3. The number of nitriles is 1. The second-order valence-corrected chi connectivity index (χ2v) is 8.73. The number of sulfone groups is 1. The van der Waals surface area contributed by atoms with E-state index in [1.807, 2.05) is 6.07 Å². The molecule has 10 nitrogen and oxygen atoms in total. The summed E-state index contributed by atoms with van der Waals surface area (Å²) in [5.74, 6) is -0.548. The van der Waals surface area contributed by atoms with Gasteiger partial charge >= 0.3 is 7.82 Å². The average Bonchev–Trinajstić information content (AvgIpc) is 2.53. The van der Waals surface area contributed by atoms with Gasteiger partial charge in [-0.3, -0.25) is 13.6 Å². The number of hydrogen-bond acceptors (Lipinski definition) is 10. The van der Waals surface area contributed by atoms with Crippen LogP contribution in [0.2, 0.25) is 0 Å². The molecular weight excluding hydrogens is 377 g/mol. The number of nitrogens with zero attached hydrogens (tertiary/aromatic N) is 1. The van der Waals surface area contributed by atoms with Crippen molar-refractivity contribution in [3.8, 4) is 6.07 Å². The highest BCUT2D eigenvalue weighted by Crippen LogP contribution is 2.50. The fourth-order valence-electron chi connectivity index (χ4n) is 1.55. The van der Waals surface area contributed by atoms with Crippen LogP contribution in [0.1, 0.15) is 6.42 Å². The molecule has 1 unspecified atom stereocenters. The molecule has 0 radical (unpaired) electrons. The second kappa shape index (κ2) is 13.6. The van der Waals surface area contributed by atoms with Gasteiger partial charge in [-0.05, 0) is 0 Å². The molecule has 0 N–H and O–H groups in total. The smallest absolute Gasteiger partial charge is 0.384 e. The third kappa shape index (κ3) is 12.4. The number of phosphoric acid groups is 1. The van der Waals surface area contributed by atoms with E-state index in [0.29, 0.717) is 0 Å². The Morgan fingerprint density at radius 2 is 1.52 bits per heavy atom. The Morgan fingerprint density at radius 3 is 2.04 bits per heavy atom.